The third kappa shape index (κ3) is 4.14. The summed E-state index contributed by atoms with van der Waals surface area (Å²) in [6, 6.07) is 49.3. The van der Waals surface area contributed by atoms with Crippen molar-refractivity contribution in [3.63, 3.8) is 0 Å². The number of aromatic nitrogens is 2. The first-order valence-corrected chi connectivity index (χ1v) is 18.6. The Labute approximate surface area is 261 Å². The van der Waals surface area contributed by atoms with E-state index in [-0.39, 0.29) is 0 Å². The molecule has 0 N–H and O–H groups in total. The summed E-state index contributed by atoms with van der Waals surface area (Å²) in [5, 5.41) is 8.10. The zero-order valence-electron chi connectivity index (χ0n) is 24.5. The van der Waals surface area contributed by atoms with Crippen LogP contribution in [0.1, 0.15) is 0 Å². The predicted octanol–water partition coefficient (Wildman–Crippen LogP) is 7.72. The lowest BCUT2D eigenvalue weighted by Crippen LogP contribution is -2.52. The lowest BCUT2D eigenvalue weighted by Gasteiger charge is -2.24. The van der Waals surface area contributed by atoms with Gasteiger partial charge in [-0.25, -0.2) is 0 Å². The van der Waals surface area contributed by atoms with Crippen molar-refractivity contribution in [2.75, 3.05) is 0 Å². The molecule has 5 heteroatoms. The van der Waals surface area contributed by atoms with Gasteiger partial charge in [0.15, 0.2) is 0 Å². The highest BCUT2D eigenvalue weighted by atomic mass is 79.9. The third-order valence-electron chi connectivity index (χ3n) is 9.12. The molecule has 0 spiro atoms. The molecule has 2 heterocycles. The van der Waals surface area contributed by atoms with E-state index < -0.39 is 8.07 Å². The Morgan fingerprint density at radius 1 is 0.488 bits per heavy atom. The second kappa shape index (κ2) is 9.87. The van der Waals surface area contributed by atoms with Crippen LogP contribution in [0.2, 0.25) is 13.1 Å². The van der Waals surface area contributed by atoms with Gasteiger partial charge in [-0.2, -0.15) is 0 Å². The van der Waals surface area contributed by atoms with Crippen LogP contribution in [0.5, 0.6) is 0 Å². The van der Waals surface area contributed by atoms with Crippen LogP contribution in [-0.4, -0.2) is 25.1 Å². The number of hydrogen-bond acceptors (Lipinski definition) is 0. The van der Waals surface area contributed by atoms with E-state index >= 15 is 0 Å². The van der Waals surface area contributed by atoms with E-state index in [1.807, 2.05) is 0 Å². The van der Waals surface area contributed by atoms with Crippen molar-refractivity contribution in [1.29, 1.82) is 0 Å². The standard InChI is InChI=1S/C38H30BBrN2Si/c1-43(2,29-15-19-37-33(23-29)31-21-25(39)13-17-35(31)41(37)27-9-5-3-6-10-27)30-16-20-38-34(24-30)32-22-26(40)14-18-36(32)42(38)28-11-7-4-8-12-28/h3-24H,39H2,1-2H3. The fourth-order valence-electron chi connectivity index (χ4n) is 6.79. The molecule has 0 saturated carbocycles. The number of halogens is 1. The van der Waals surface area contributed by atoms with Crippen LogP contribution in [0, 0.1) is 0 Å². The van der Waals surface area contributed by atoms with Crippen molar-refractivity contribution < 1.29 is 0 Å². The molecule has 6 aromatic carbocycles. The van der Waals surface area contributed by atoms with Crippen molar-refractivity contribution >= 4 is 91.3 Å². The monoisotopic (exact) mass is 632 g/mol. The van der Waals surface area contributed by atoms with Gasteiger partial charge in [0, 0.05) is 37.4 Å². The Bertz CT molecular complexity index is 2170. The average molecular weight is 633 g/mol. The number of rotatable bonds is 4. The minimum absolute atomic E-state index is 1.10. The molecule has 0 saturated heterocycles. The first kappa shape index (κ1) is 26.3. The van der Waals surface area contributed by atoms with E-state index in [1.54, 1.807) is 0 Å². The molecule has 8 aromatic rings. The summed E-state index contributed by atoms with van der Waals surface area (Å²) in [4.78, 5) is 0. The number of benzene rings is 6. The lowest BCUT2D eigenvalue weighted by molar-refractivity contribution is 1.18. The van der Waals surface area contributed by atoms with Crippen LogP contribution in [0.4, 0.5) is 0 Å². The first-order chi connectivity index (χ1) is 20.9. The average Bonchev–Trinajstić information content (AvgIpc) is 3.53. The number of fused-ring (bicyclic) bond motifs is 6. The van der Waals surface area contributed by atoms with Crippen LogP contribution in [0.3, 0.4) is 0 Å². The minimum atomic E-state index is -2.06. The zero-order valence-corrected chi connectivity index (χ0v) is 27.1. The molecule has 0 aliphatic carbocycles. The molecule has 0 atom stereocenters. The Hall–Kier alpha value is -4.32. The van der Waals surface area contributed by atoms with E-state index in [9.17, 15) is 0 Å². The quantitative estimate of drug-likeness (QED) is 0.176. The fourth-order valence-corrected chi connectivity index (χ4v) is 9.49. The summed E-state index contributed by atoms with van der Waals surface area (Å²) in [6.45, 7) is 4.98. The van der Waals surface area contributed by atoms with Crippen molar-refractivity contribution in [3.8, 4) is 11.4 Å². The van der Waals surface area contributed by atoms with Gasteiger partial charge in [-0.05, 0) is 60.7 Å². The van der Waals surface area contributed by atoms with Gasteiger partial charge in [-0.1, -0.05) is 118 Å². The van der Waals surface area contributed by atoms with Crippen LogP contribution < -0.4 is 15.8 Å². The largest absolute Gasteiger partial charge is 0.309 e. The van der Waals surface area contributed by atoms with Crippen molar-refractivity contribution in [3.05, 3.63) is 138 Å². The van der Waals surface area contributed by atoms with Gasteiger partial charge >= 0.3 is 0 Å². The Morgan fingerprint density at radius 2 is 0.907 bits per heavy atom. The number of para-hydroxylation sites is 2. The molecule has 206 valence electrons. The maximum Gasteiger partial charge on any atom is 0.139 e. The van der Waals surface area contributed by atoms with Crippen LogP contribution in [-0.2, 0) is 0 Å². The van der Waals surface area contributed by atoms with E-state index in [4.69, 9.17) is 0 Å². The highest BCUT2D eigenvalue weighted by molar-refractivity contribution is 9.10. The van der Waals surface area contributed by atoms with Crippen molar-refractivity contribution in [2.24, 2.45) is 0 Å². The van der Waals surface area contributed by atoms with Crippen molar-refractivity contribution in [2.45, 2.75) is 13.1 Å². The molecule has 0 aliphatic heterocycles. The van der Waals surface area contributed by atoms with Gasteiger partial charge in [0.05, 0.1) is 22.1 Å². The van der Waals surface area contributed by atoms with Crippen LogP contribution >= 0.6 is 15.9 Å². The molecular weight excluding hydrogens is 603 g/mol. The molecule has 0 fully saturated rings. The maximum atomic E-state index is 3.74. The minimum Gasteiger partial charge on any atom is -0.309 e. The molecule has 0 unspecified atom stereocenters. The van der Waals surface area contributed by atoms with Gasteiger partial charge in [-0.3, -0.25) is 0 Å². The van der Waals surface area contributed by atoms with Crippen LogP contribution in [0.15, 0.2) is 138 Å². The predicted molar refractivity (Wildman–Crippen MR) is 194 cm³/mol. The summed E-state index contributed by atoms with van der Waals surface area (Å²) in [6.07, 6.45) is 0. The molecule has 0 aliphatic rings. The van der Waals surface area contributed by atoms with Gasteiger partial charge < -0.3 is 9.13 Å². The molecular formula is C38H30BBrN2Si. The Kier molecular flexibility index (Phi) is 6.04. The molecule has 0 radical (unpaired) electrons. The molecule has 8 rings (SSSR count). The summed E-state index contributed by atoms with van der Waals surface area (Å²) in [5.74, 6) is 0. The van der Waals surface area contributed by atoms with Crippen molar-refractivity contribution in [1.82, 2.24) is 9.13 Å². The molecule has 43 heavy (non-hydrogen) atoms. The van der Waals surface area contributed by atoms with Gasteiger partial charge in [0.25, 0.3) is 0 Å². The van der Waals surface area contributed by atoms with Crippen LogP contribution in [0.25, 0.3) is 55.0 Å². The van der Waals surface area contributed by atoms with E-state index in [0.29, 0.717) is 0 Å². The zero-order chi connectivity index (χ0) is 29.3. The first-order valence-electron chi connectivity index (χ1n) is 14.8. The van der Waals surface area contributed by atoms with Gasteiger partial charge in [-0.15, -0.1) is 0 Å². The highest BCUT2D eigenvalue weighted by Crippen LogP contribution is 2.34. The second-order valence-corrected chi connectivity index (χ2v) is 17.4. The third-order valence-corrected chi connectivity index (χ3v) is 13.1. The molecule has 2 aromatic heterocycles. The molecule has 2 nitrogen and oxygen atoms in total. The number of hydrogen-bond donors (Lipinski definition) is 0. The fraction of sp³-hybridized carbons (Fsp3) is 0.0526. The summed E-state index contributed by atoms with van der Waals surface area (Å²) in [5.41, 5.74) is 8.64. The molecule has 0 amide bonds. The summed E-state index contributed by atoms with van der Waals surface area (Å²) >= 11 is 3.74. The van der Waals surface area contributed by atoms with Gasteiger partial charge in [0.1, 0.15) is 15.9 Å². The topological polar surface area (TPSA) is 9.86 Å². The Balaban J connectivity index is 1.33. The Morgan fingerprint density at radius 3 is 1.42 bits per heavy atom. The summed E-state index contributed by atoms with van der Waals surface area (Å²) in [7, 11) is 0.125. The molecule has 0 bridgehead atoms. The normalized spacial score (nSPS) is 12.2. The van der Waals surface area contributed by atoms with Gasteiger partial charge in [0.2, 0.25) is 0 Å². The number of nitrogens with zero attached hydrogens (tertiary/aromatic N) is 2. The van der Waals surface area contributed by atoms with E-state index in [0.717, 1.165) is 4.47 Å². The lowest BCUT2D eigenvalue weighted by atomic mass is 9.94. The van der Waals surface area contributed by atoms with E-state index in [1.165, 1.54) is 70.8 Å². The second-order valence-electron chi connectivity index (χ2n) is 12.1. The summed E-state index contributed by atoms with van der Waals surface area (Å²) < 4.78 is 5.90. The SMILES string of the molecule is Bc1ccc2c(c1)c1cc([Si](C)(C)c3ccc4c(c3)c3cc(Br)ccc3n4-c3ccccc3)ccc1n2-c1ccccc1. The highest BCUT2D eigenvalue weighted by Gasteiger charge is 2.28. The maximum absolute atomic E-state index is 3.74. The van der Waals surface area contributed by atoms with E-state index in [2.05, 4.69) is 179 Å². The smallest absolute Gasteiger partial charge is 0.139 e.